The van der Waals surface area contributed by atoms with Crippen LogP contribution < -0.4 is 0 Å². The Balaban J connectivity index is 2.06. The number of aryl methyl sites for hydroxylation is 1. The molecule has 1 N–H and O–H groups in total. The predicted octanol–water partition coefficient (Wildman–Crippen LogP) is 1.24. The molecule has 2 aliphatic rings. The number of hydrogen-bond donors (Lipinski definition) is 1. The second-order valence-corrected chi connectivity index (χ2v) is 4.92. The summed E-state index contributed by atoms with van der Waals surface area (Å²) in [5.74, 6) is -0.727. The quantitative estimate of drug-likeness (QED) is 0.854. The van der Waals surface area contributed by atoms with Crippen LogP contribution in [0.2, 0.25) is 0 Å². The molecule has 0 spiro atoms. The molecule has 3 rings (SSSR count). The highest BCUT2D eigenvalue weighted by atomic mass is 16.5. The van der Waals surface area contributed by atoms with E-state index in [0.29, 0.717) is 32.7 Å². The van der Waals surface area contributed by atoms with E-state index in [1.807, 2.05) is 24.3 Å². The third-order valence-electron chi connectivity index (χ3n) is 4.12. The number of rotatable bonds is 2. The maximum absolute atomic E-state index is 11.9. The molecule has 0 aromatic heterocycles. The number of fused-ring (bicyclic) bond motifs is 1. The summed E-state index contributed by atoms with van der Waals surface area (Å²) < 4.78 is 5.34. The van der Waals surface area contributed by atoms with Gasteiger partial charge in [-0.15, -0.1) is 0 Å². The van der Waals surface area contributed by atoms with Gasteiger partial charge in [0, 0.05) is 13.1 Å². The number of ether oxygens (including phenoxy) is 1. The first-order valence-electron chi connectivity index (χ1n) is 6.40. The van der Waals surface area contributed by atoms with Crippen molar-refractivity contribution >= 4 is 5.97 Å². The van der Waals surface area contributed by atoms with E-state index >= 15 is 0 Å². The number of benzene rings is 1. The first-order chi connectivity index (χ1) is 8.75. The smallest absolute Gasteiger partial charge is 0.328 e. The lowest BCUT2D eigenvalue weighted by molar-refractivity contribution is -0.156. The topological polar surface area (TPSA) is 49.8 Å². The number of morpholine rings is 1. The van der Waals surface area contributed by atoms with Crippen LogP contribution in [0.1, 0.15) is 17.5 Å². The molecule has 18 heavy (non-hydrogen) atoms. The fourth-order valence-corrected chi connectivity index (χ4v) is 3.22. The van der Waals surface area contributed by atoms with E-state index in [1.54, 1.807) is 0 Å². The van der Waals surface area contributed by atoms with Crippen LogP contribution in [0.15, 0.2) is 24.3 Å². The van der Waals surface area contributed by atoms with Crippen molar-refractivity contribution in [3.8, 4) is 0 Å². The van der Waals surface area contributed by atoms with E-state index < -0.39 is 11.5 Å². The zero-order valence-corrected chi connectivity index (χ0v) is 10.3. The van der Waals surface area contributed by atoms with Crippen LogP contribution in [-0.4, -0.2) is 42.3 Å². The van der Waals surface area contributed by atoms with Gasteiger partial charge >= 0.3 is 5.97 Å². The molecule has 0 radical (unpaired) electrons. The van der Waals surface area contributed by atoms with E-state index in [2.05, 4.69) is 4.90 Å². The van der Waals surface area contributed by atoms with Crippen LogP contribution in [-0.2, 0) is 21.5 Å². The fourth-order valence-electron chi connectivity index (χ4n) is 3.22. The molecule has 1 atom stereocenters. The average molecular weight is 247 g/mol. The van der Waals surface area contributed by atoms with Crippen molar-refractivity contribution in [2.75, 3.05) is 26.3 Å². The molecule has 0 saturated carbocycles. The highest BCUT2D eigenvalue weighted by Gasteiger charge is 2.50. The predicted molar refractivity (Wildman–Crippen MR) is 66.5 cm³/mol. The summed E-state index contributed by atoms with van der Waals surface area (Å²) in [7, 11) is 0. The molecule has 1 fully saturated rings. The lowest BCUT2D eigenvalue weighted by atomic mass is 9.89. The Morgan fingerprint density at radius 2 is 2.00 bits per heavy atom. The van der Waals surface area contributed by atoms with E-state index in [1.165, 1.54) is 5.56 Å². The van der Waals surface area contributed by atoms with Crippen molar-refractivity contribution in [1.29, 1.82) is 0 Å². The summed E-state index contributed by atoms with van der Waals surface area (Å²) in [5, 5.41) is 9.78. The van der Waals surface area contributed by atoms with Gasteiger partial charge in [-0.05, 0) is 24.0 Å². The number of carboxylic acid groups (broad SMARTS) is 1. The molecule has 1 heterocycles. The molecule has 1 aromatic carbocycles. The van der Waals surface area contributed by atoms with Crippen molar-refractivity contribution < 1.29 is 14.6 Å². The van der Waals surface area contributed by atoms with Gasteiger partial charge in [-0.1, -0.05) is 24.3 Å². The Morgan fingerprint density at radius 1 is 1.28 bits per heavy atom. The molecule has 4 heteroatoms. The number of aliphatic carboxylic acids is 1. The third-order valence-corrected chi connectivity index (χ3v) is 4.12. The van der Waals surface area contributed by atoms with Crippen LogP contribution in [0.4, 0.5) is 0 Å². The van der Waals surface area contributed by atoms with Gasteiger partial charge in [-0.25, -0.2) is 4.79 Å². The van der Waals surface area contributed by atoms with Crippen LogP contribution in [0.5, 0.6) is 0 Å². The van der Waals surface area contributed by atoms with Crippen LogP contribution in [0, 0.1) is 0 Å². The van der Waals surface area contributed by atoms with Gasteiger partial charge in [0.25, 0.3) is 0 Å². The fraction of sp³-hybridized carbons (Fsp3) is 0.500. The summed E-state index contributed by atoms with van der Waals surface area (Å²) in [4.78, 5) is 14.0. The minimum absolute atomic E-state index is 0.622. The highest BCUT2D eigenvalue weighted by Crippen LogP contribution is 2.42. The third kappa shape index (κ3) is 1.56. The molecule has 0 amide bonds. The lowest BCUT2D eigenvalue weighted by Gasteiger charge is -2.40. The first kappa shape index (κ1) is 11.7. The minimum atomic E-state index is -0.833. The molecular formula is C14H17NO3. The SMILES string of the molecule is O=C(O)C1(N2CCOCC2)CCc2ccccc21. The van der Waals surface area contributed by atoms with Gasteiger partial charge in [0.15, 0.2) is 0 Å². The Kier molecular flexibility index (Phi) is 2.84. The maximum Gasteiger partial charge on any atom is 0.328 e. The van der Waals surface area contributed by atoms with E-state index in [4.69, 9.17) is 4.74 Å². The van der Waals surface area contributed by atoms with Gasteiger partial charge < -0.3 is 9.84 Å². The number of hydrogen-bond acceptors (Lipinski definition) is 3. The van der Waals surface area contributed by atoms with E-state index in [9.17, 15) is 9.90 Å². The first-order valence-corrected chi connectivity index (χ1v) is 6.40. The van der Waals surface area contributed by atoms with Crippen molar-refractivity contribution in [3.05, 3.63) is 35.4 Å². The average Bonchev–Trinajstić information content (AvgIpc) is 2.80. The summed E-state index contributed by atoms with van der Waals surface area (Å²) in [6.07, 6.45) is 1.52. The van der Waals surface area contributed by atoms with Gasteiger partial charge in [0.2, 0.25) is 0 Å². The molecule has 1 saturated heterocycles. The van der Waals surface area contributed by atoms with Crippen molar-refractivity contribution in [1.82, 2.24) is 4.90 Å². The molecule has 1 aromatic rings. The van der Waals surface area contributed by atoms with Gasteiger partial charge in [0.1, 0.15) is 5.54 Å². The molecular weight excluding hydrogens is 230 g/mol. The lowest BCUT2D eigenvalue weighted by Crippen LogP contribution is -2.54. The Hall–Kier alpha value is -1.39. The van der Waals surface area contributed by atoms with Gasteiger partial charge in [0.05, 0.1) is 13.2 Å². The summed E-state index contributed by atoms with van der Waals surface area (Å²) in [6, 6.07) is 7.92. The standard InChI is InChI=1S/C14H17NO3/c16-13(17)14(15-7-9-18-10-8-15)6-5-11-3-1-2-4-12(11)14/h1-4H,5-10H2,(H,16,17). The molecule has 0 bridgehead atoms. The minimum Gasteiger partial charge on any atom is -0.480 e. The van der Waals surface area contributed by atoms with Crippen molar-refractivity contribution in [2.24, 2.45) is 0 Å². The number of nitrogens with zero attached hydrogens (tertiary/aromatic N) is 1. The second-order valence-electron chi connectivity index (χ2n) is 4.92. The Labute approximate surface area is 106 Å². The number of carboxylic acids is 1. The molecule has 1 aliphatic carbocycles. The molecule has 96 valence electrons. The van der Waals surface area contributed by atoms with Crippen LogP contribution in [0.3, 0.4) is 0 Å². The monoisotopic (exact) mass is 247 g/mol. The largest absolute Gasteiger partial charge is 0.480 e. The van der Waals surface area contributed by atoms with E-state index in [0.717, 1.165) is 12.0 Å². The van der Waals surface area contributed by atoms with Crippen molar-refractivity contribution in [3.63, 3.8) is 0 Å². The normalized spacial score (nSPS) is 28.0. The van der Waals surface area contributed by atoms with Crippen LogP contribution >= 0.6 is 0 Å². The van der Waals surface area contributed by atoms with Crippen LogP contribution in [0.25, 0.3) is 0 Å². The maximum atomic E-state index is 11.9. The van der Waals surface area contributed by atoms with E-state index in [-0.39, 0.29) is 0 Å². The summed E-state index contributed by atoms with van der Waals surface area (Å²) >= 11 is 0. The van der Waals surface area contributed by atoms with Gasteiger partial charge in [-0.3, -0.25) is 4.90 Å². The Morgan fingerprint density at radius 3 is 2.72 bits per heavy atom. The van der Waals surface area contributed by atoms with Crippen molar-refractivity contribution in [2.45, 2.75) is 18.4 Å². The Bertz CT molecular complexity index is 468. The zero-order chi connectivity index (χ0) is 12.6. The highest BCUT2D eigenvalue weighted by molar-refractivity contribution is 5.82. The molecule has 1 aliphatic heterocycles. The van der Waals surface area contributed by atoms with Gasteiger partial charge in [-0.2, -0.15) is 0 Å². The summed E-state index contributed by atoms with van der Waals surface area (Å²) in [5.41, 5.74) is 1.31. The zero-order valence-electron chi connectivity index (χ0n) is 10.3. The number of carbonyl (C=O) groups is 1. The molecule has 4 nitrogen and oxygen atoms in total. The summed E-state index contributed by atoms with van der Waals surface area (Å²) in [6.45, 7) is 2.63. The molecule has 1 unspecified atom stereocenters. The second kappa shape index (κ2) is 4.37.